The topological polar surface area (TPSA) is 154 Å². The fourth-order valence-electron chi connectivity index (χ4n) is 4.92. The van der Waals surface area contributed by atoms with E-state index in [1.165, 1.54) is 36.7 Å². The molecule has 0 spiro atoms. The number of nitrogens with two attached hydrogens (primary N) is 1. The number of carbonyl (C=O) groups is 3. The second-order valence-corrected chi connectivity index (χ2v) is 10.6. The average Bonchev–Trinajstić information content (AvgIpc) is 3.46. The van der Waals surface area contributed by atoms with Crippen molar-refractivity contribution in [3.05, 3.63) is 107 Å². The molecule has 13 heteroatoms. The molecule has 232 valence electrons. The fourth-order valence-corrected chi connectivity index (χ4v) is 5.16. The van der Waals surface area contributed by atoms with Crippen LogP contribution in [0.1, 0.15) is 23.4 Å². The van der Waals surface area contributed by atoms with E-state index in [9.17, 15) is 18.8 Å². The third kappa shape index (κ3) is 7.17. The Hall–Kier alpha value is -5.67. The lowest BCUT2D eigenvalue weighted by molar-refractivity contribution is -0.135. The minimum atomic E-state index is -1.48. The van der Waals surface area contributed by atoms with Gasteiger partial charge in [0, 0.05) is 51.8 Å². The molecule has 0 saturated carbocycles. The first-order valence-corrected chi connectivity index (χ1v) is 14.3. The average molecular weight is 642 g/mol. The Bertz CT molecular complexity index is 1900. The quantitative estimate of drug-likeness (QED) is 0.167. The number of anilines is 2. The van der Waals surface area contributed by atoms with E-state index in [1.54, 1.807) is 42.5 Å². The van der Waals surface area contributed by atoms with Crippen LogP contribution < -0.4 is 16.4 Å². The van der Waals surface area contributed by atoms with Crippen LogP contribution in [0.2, 0.25) is 5.02 Å². The van der Waals surface area contributed by atoms with E-state index >= 15 is 4.39 Å². The molecule has 0 bridgehead atoms. The number of hydrogen-bond acceptors (Lipinski definition) is 7. The number of hydrogen-bond donors (Lipinski definition) is 4. The Balaban J connectivity index is 1.31. The second-order valence-electron chi connectivity index (χ2n) is 10.2. The number of rotatable bonds is 8. The molecule has 1 aliphatic heterocycles. The Morgan fingerprint density at radius 1 is 1.00 bits per heavy atom. The number of alkyl halides is 1. The van der Waals surface area contributed by atoms with E-state index in [-0.39, 0.29) is 41.3 Å². The molecule has 2 heterocycles. The van der Waals surface area contributed by atoms with Crippen LogP contribution in [0, 0.1) is 23.1 Å². The van der Waals surface area contributed by atoms with E-state index in [0.717, 1.165) is 4.90 Å². The molecule has 1 saturated heterocycles. The van der Waals surface area contributed by atoms with Crippen LogP contribution in [0.4, 0.5) is 20.2 Å². The van der Waals surface area contributed by atoms with Crippen molar-refractivity contribution >= 4 is 46.4 Å². The molecule has 0 radical (unpaired) electrons. The number of amides is 3. The second kappa shape index (κ2) is 14.0. The molecular weight excluding hydrogens is 616 g/mol. The molecular formula is C33H26ClF2N7O3. The number of aromatic nitrogens is 2. The standard InChI is InChI=1S/C33H26ClF2N7O3/c34-24-7-2-1-5-21(24)22-6-3-8-26(30(22)36)42-33(46)27-16-20(35)18-43(27)29(44)17-41-25-11-9-19(15-23(25)31(37)32(38)45)10-12-28-39-13-4-14-40-28/h1-9,11,13-15,20,27,37,41H,16-18H2,(H2,38,45)(H,42,46). The first-order chi connectivity index (χ1) is 22.1. The van der Waals surface area contributed by atoms with Crippen molar-refractivity contribution < 1.29 is 23.2 Å². The Kier molecular flexibility index (Phi) is 9.64. The molecule has 0 aliphatic carbocycles. The lowest BCUT2D eigenvalue weighted by atomic mass is 10.0. The summed E-state index contributed by atoms with van der Waals surface area (Å²) in [6.45, 7) is -0.754. The minimum absolute atomic E-state index is 0.0778. The summed E-state index contributed by atoms with van der Waals surface area (Å²) in [5, 5.41) is 13.8. The van der Waals surface area contributed by atoms with Crippen molar-refractivity contribution in [3.63, 3.8) is 0 Å². The van der Waals surface area contributed by atoms with Crippen LogP contribution in [0.15, 0.2) is 79.1 Å². The molecule has 5 N–H and O–H groups in total. The summed E-state index contributed by atoms with van der Waals surface area (Å²) < 4.78 is 30.0. The van der Waals surface area contributed by atoms with Crippen LogP contribution >= 0.6 is 11.6 Å². The lowest BCUT2D eigenvalue weighted by Gasteiger charge is -2.24. The van der Waals surface area contributed by atoms with Crippen molar-refractivity contribution in [3.8, 4) is 23.0 Å². The highest BCUT2D eigenvalue weighted by Crippen LogP contribution is 2.33. The number of likely N-dealkylation sites (tertiary alicyclic amines) is 1. The van der Waals surface area contributed by atoms with Crippen molar-refractivity contribution in [1.82, 2.24) is 14.9 Å². The largest absolute Gasteiger partial charge is 0.376 e. The number of nitrogens with zero attached hydrogens (tertiary/aromatic N) is 3. The van der Waals surface area contributed by atoms with Crippen LogP contribution in [0.3, 0.4) is 0 Å². The van der Waals surface area contributed by atoms with Gasteiger partial charge in [-0.1, -0.05) is 47.9 Å². The van der Waals surface area contributed by atoms with Gasteiger partial charge in [0.05, 0.1) is 18.8 Å². The van der Waals surface area contributed by atoms with Gasteiger partial charge < -0.3 is 21.3 Å². The summed E-state index contributed by atoms with van der Waals surface area (Å²) in [7, 11) is 0. The van der Waals surface area contributed by atoms with Crippen molar-refractivity contribution in [2.24, 2.45) is 5.73 Å². The van der Waals surface area contributed by atoms with Gasteiger partial charge in [0.1, 0.15) is 17.9 Å². The molecule has 3 aromatic carbocycles. The maximum Gasteiger partial charge on any atom is 0.267 e. The first-order valence-electron chi connectivity index (χ1n) is 14.0. The minimum Gasteiger partial charge on any atom is -0.376 e. The molecule has 2 atom stereocenters. The van der Waals surface area contributed by atoms with Gasteiger partial charge in [-0.3, -0.25) is 19.8 Å². The third-order valence-corrected chi connectivity index (χ3v) is 7.47. The van der Waals surface area contributed by atoms with Gasteiger partial charge in [-0.15, -0.1) is 0 Å². The summed E-state index contributed by atoms with van der Waals surface area (Å²) in [5.74, 6) is 2.77. The monoisotopic (exact) mass is 641 g/mol. The van der Waals surface area contributed by atoms with E-state index in [0.29, 0.717) is 16.1 Å². The zero-order valence-corrected chi connectivity index (χ0v) is 24.8. The van der Waals surface area contributed by atoms with Gasteiger partial charge in [0.15, 0.2) is 5.82 Å². The summed E-state index contributed by atoms with van der Waals surface area (Å²) in [6.07, 6.45) is 1.31. The van der Waals surface area contributed by atoms with Crippen LogP contribution in [-0.2, 0) is 14.4 Å². The van der Waals surface area contributed by atoms with Gasteiger partial charge in [0.25, 0.3) is 5.91 Å². The molecule has 46 heavy (non-hydrogen) atoms. The Morgan fingerprint density at radius 3 is 2.48 bits per heavy atom. The summed E-state index contributed by atoms with van der Waals surface area (Å²) >= 11 is 6.23. The smallest absolute Gasteiger partial charge is 0.267 e. The van der Waals surface area contributed by atoms with Crippen molar-refractivity contribution in [2.45, 2.75) is 18.6 Å². The highest BCUT2D eigenvalue weighted by molar-refractivity contribution is 6.44. The molecule has 1 fully saturated rings. The van der Waals surface area contributed by atoms with Crippen LogP contribution in [0.25, 0.3) is 11.1 Å². The van der Waals surface area contributed by atoms with E-state index in [1.807, 2.05) is 0 Å². The SMILES string of the molecule is N=C(C(N)=O)c1cc(C#Cc2ncccn2)ccc1NCC(=O)N1CC(F)CC1C(=O)Nc1cccc(-c2ccccc2Cl)c1F. The highest BCUT2D eigenvalue weighted by Gasteiger charge is 2.40. The number of benzene rings is 3. The molecule has 4 aromatic rings. The first kappa shape index (κ1) is 31.7. The van der Waals surface area contributed by atoms with Gasteiger partial charge in [-0.25, -0.2) is 18.7 Å². The number of nitrogens with one attached hydrogen (secondary N) is 3. The molecule has 1 aliphatic rings. The predicted molar refractivity (Wildman–Crippen MR) is 169 cm³/mol. The van der Waals surface area contributed by atoms with E-state index in [4.69, 9.17) is 22.7 Å². The maximum absolute atomic E-state index is 15.4. The lowest BCUT2D eigenvalue weighted by Crippen LogP contribution is -2.45. The van der Waals surface area contributed by atoms with E-state index < -0.39 is 48.0 Å². The zero-order chi connectivity index (χ0) is 32.8. The number of primary amides is 1. The van der Waals surface area contributed by atoms with Crippen LogP contribution in [0.5, 0.6) is 0 Å². The van der Waals surface area contributed by atoms with Gasteiger partial charge in [-0.05, 0) is 42.3 Å². The highest BCUT2D eigenvalue weighted by atomic mass is 35.5. The van der Waals surface area contributed by atoms with Crippen molar-refractivity contribution in [1.29, 1.82) is 5.41 Å². The number of carbonyl (C=O) groups excluding carboxylic acids is 3. The maximum atomic E-state index is 15.4. The number of halogens is 3. The van der Waals surface area contributed by atoms with Gasteiger partial charge >= 0.3 is 0 Å². The van der Waals surface area contributed by atoms with Crippen molar-refractivity contribution in [2.75, 3.05) is 23.7 Å². The van der Waals surface area contributed by atoms with Crippen LogP contribution in [-0.4, -0.2) is 63.6 Å². The summed E-state index contributed by atoms with van der Waals surface area (Å²) in [5.41, 5.74) is 5.99. The molecule has 3 amide bonds. The Labute approximate surface area is 267 Å². The van der Waals surface area contributed by atoms with Gasteiger partial charge in [-0.2, -0.15) is 0 Å². The third-order valence-electron chi connectivity index (χ3n) is 7.14. The predicted octanol–water partition coefficient (Wildman–Crippen LogP) is 4.18. The molecule has 1 aromatic heterocycles. The molecule has 10 nitrogen and oxygen atoms in total. The van der Waals surface area contributed by atoms with Gasteiger partial charge in [0.2, 0.25) is 17.6 Å². The normalized spacial score (nSPS) is 15.4. The Morgan fingerprint density at radius 2 is 1.74 bits per heavy atom. The van der Waals surface area contributed by atoms with E-state index in [2.05, 4.69) is 32.4 Å². The summed E-state index contributed by atoms with van der Waals surface area (Å²) in [6, 6.07) is 16.1. The summed E-state index contributed by atoms with van der Waals surface area (Å²) in [4.78, 5) is 47.5. The molecule has 2 unspecified atom stereocenters. The fraction of sp³-hybridized carbons (Fsp3) is 0.152. The molecule has 5 rings (SSSR count). The zero-order valence-electron chi connectivity index (χ0n) is 24.1.